The van der Waals surface area contributed by atoms with Crippen LogP contribution in [0, 0.1) is 13.8 Å². The maximum absolute atomic E-state index is 13.1. The van der Waals surface area contributed by atoms with Crippen LogP contribution in [0.5, 0.6) is 11.5 Å². The van der Waals surface area contributed by atoms with E-state index in [-0.39, 0.29) is 5.56 Å². The van der Waals surface area contributed by atoms with Gasteiger partial charge in [0.2, 0.25) is 0 Å². The second kappa shape index (κ2) is 9.74. The van der Waals surface area contributed by atoms with Crippen molar-refractivity contribution >= 4 is 33.4 Å². The van der Waals surface area contributed by atoms with Gasteiger partial charge in [0, 0.05) is 0 Å². The fourth-order valence-corrected chi connectivity index (χ4v) is 4.84. The van der Waals surface area contributed by atoms with Gasteiger partial charge in [0.25, 0.3) is 5.56 Å². The molecule has 0 unspecified atom stereocenters. The molecule has 0 radical (unpaired) electrons. The molecule has 0 atom stereocenters. The summed E-state index contributed by atoms with van der Waals surface area (Å²) in [6.07, 6.45) is 7.88. The Hall–Kier alpha value is -2.86. The lowest BCUT2D eigenvalue weighted by atomic mass is 10.1. The van der Waals surface area contributed by atoms with E-state index in [2.05, 4.69) is 25.8 Å². The monoisotopic (exact) mass is 450 g/mol. The van der Waals surface area contributed by atoms with Gasteiger partial charge in [0.15, 0.2) is 16.5 Å². The summed E-state index contributed by atoms with van der Waals surface area (Å²) in [5.41, 5.74) is 4.92. The van der Waals surface area contributed by atoms with E-state index in [1.807, 2.05) is 36.4 Å². The van der Waals surface area contributed by atoms with Gasteiger partial charge >= 0.3 is 0 Å². The number of benzene rings is 2. The number of aromatic nitrogens is 2. The van der Waals surface area contributed by atoms with Gasteiger partial charge in [-0.2, -0.15) is 0 Å². The zero-order valence-corrected chi connectivity index (χ0v) is 20.1. The Morgan fingerprint density at radius 1 is 1.03 bits per heavy atom. The predicted molar refractivity (Wildman–Crippen MR) is 132 cm³/mol. The average molecular weight is 451 g/mol. The van der Waals surface area contributed by atoms with E-state index in [4.69, 9.17) is 9.47 Å². The quantitative estimate of drug-likeness (QED) is 0.319. The van der Waals surface area contributed by atoms with E-state index in [0.29, 0.717) is 16.9 Å². The molecule has 2 aromatic heterocycles. The Morgan fingerprint density at radius 3 is 2.59 bits per heavy atom. The van der Waals surface area contributed by atoms with Gasteiger partial charge in [-0.1, -0.05) is 50.0 Å². The summed E-state index contributed by atoms with van der Waals surface area (Å²) in [6, 6.07) is 9.88. The third kappa shape index (κ3) is 4.51. The van der Waals surface area contributed by atoms with E-state index in [1.54, 1.807) is 11.5 Å². The molecule has 0 saturated carbocycles. The van der Waals surface area contributed by atoms with Crippen molar-refractivity contribution in [1.82, 2.24) is 9.38 Å². The average Bonchev–Trinajstić information content (AvgIpc) is 3.27. The topological polar surface area (TPSA) is 52.8 Å². The number of ether oxygens (including phenoxy) is 2. The van der Waals surface area contributed by atoms with Gasteiger partial charge in [0.05, 0.1) is 29.3 Å². The standard InChI is InChI=1S/C26H30N2O3S/c1-5-6-7-8-9-12-31-22-11-10-19(15-23(22)30-4)16-24-25(29)28-21-14-18(3)17(2)13-20(21)27-26(28)32-24/h10-11,13-16H,5-9,12H2,1-4H3/b24-16+. The minimum Gasteiger partial charge on any atom is -0.493 e. The van der Waals surface area contributed by atoms with Gasteiger partial charge in [-0.15, -0.1) is 0 Å². The molecule has 4 rings (SSSR count). The maximum Gasteiger partial charge on any atom is 0.274 e. The van der Waals surface area contributed by atoms with Crippen molar-refractivity contribution in [2.24, 2.45) is 0 Å². The normalized spacial score (nSPS) is 12.2. The Labute approximate surface area is 192 Å². The third-order valence-corrected chi connectivity index (χ3v) is 6.81. The Kier molecular flexibility index (Phi) is 6.80. The van der Waals surface area contributed by atoms with Gasteiger partial charge in [-0.25, -0.2) is 9.38 Å². The third-order valence-electron chi connectivity index (χ3n) is 5.85. The number of imidazole rings is 1. The lowest BCUT2D eigenvalue weighted by Gasteiger charge is -2.11. The molecular weight excluding hydrogens is 420 g/mol. The second-order valence-electron chi connectivity index (χ2n) is 8.24. The zero-order chi connectivity index (χ0) is 22.7. The van der Waals surface area contributed by atoms with Gasteiger partial charge in [-0.05, 0) is 67.3 Å². The van der Waals surface area contributed by atoms with Crippen LogP contribution in [0.4, 0.5) is 0 Å². The predicted octanol–water partition coefficient (Wildman–Crippen LogP) is 5.43. The number of nitrogens with zero attached hydrogens (tertiary/aromatic N) is 2. The van der Waals surface area contributed by atoms with Gasteiger partial charge < -0.3 is 9.47 Å². The number of aryl methyl sites for hydroxylation is 2. The Morgan fingerprint density at radius 2 is 1.81 bits per heavy atom. The van der Waals surface area contributed by atoms with E-state index in [9.17, 15) is 4.79 Å². The molecule has 0 N–H and O–H groups in total. The van der Waals surface area contributed by atoms with Crippen molar-refractivity contribution in [3.8, 4) is 11.5 Å². The molecule has 5 nitrogen and oxygen atoms in total. The lowest BCUT2D eigenvalue weighted by molar-refractivity contribution is 0.285. The SMILES string of the molecule is CCCCCCCOc1ccc(/C=c2/sc3nc4cc(C)c(C)cc4n3c2=O)cc1OC. The molecule has 2 aromatic carbocycles. The first-order valence-electron chi connectivity index (χ1n) is 11.3. The molecule has 168 valence electrons. The van der Waals surface area contributed by atoms with Crippen LogP contribution in [0.3, 0.4) is 0 Å². The molecule has 0 bridgehead atoms. The summed E-state index contributed by atoms with van der Waals surface area (Å²) >= 11 is 1.41. The molecule has 0 aliphatic heterocycles. The van der Waals surface area contributed by atoms with Crippen molar-refractivity contribution in [3.05, 3.63) is 61.9 Å². The molecule has 32 heavy (non-hydrogen) atoms. The van der Waals surface area contributed by atoms with Crippen LogP contribution in [0.25, 0.3) is 22.1 Å². The highest BCUT2D eigenvalue weighted by Gasteiger charge is 2.13. The summed E-state index contributed by atoms with van der Waals surface area (Å²) < 4.78 is 13.8. The minimum absolute atomic E-state index is 0.0397. The van der Waals surface area contributed by atoms with Crippen LogP contribution in [0.15, 0.2) is 35.1 Å². The van der Waals surface area contributed by atoms with E-state index in [1.165, 1.54) is 42.6 Å². The zero-order valence-electron chi connectivity index (χ0n) is 19.2. The molecular formula is C26H30N2O3S. The van der Waals surface area contributed by atoms with Crippen molar-refractivity contribution in [2.75, 3.05) is 13.7 Å². The first kappa shape index (κ1) is 22.3. The fourth-order valence-electron chi connectivity index (χ4n) is 3.85. The van der Waals surface area contributed by atoms with Crippen LogP contribution in [-0.2, 0) is 0 Å². The fraction of sp³-hybridized carbons (Fsp3) is 0.385. The number of thiazole rings is 1. The maximum atomic E-state index is 13.1. The number of hydrogen-bond donors (Lipinski definition) is 0. The number of unbranched alkanes of at least 4 members (excludes halogenated alkanes) is 4. The van der Waals surface area contributed by atoms with Crippen LogP contribution in [0.1, 0.15) is 55.7 Å². The van der Waals surface area contributed by atoms with E-state index < -0.39 is 0 Å². The summed E-state index contributed by atoms with van der Waals surface area (Å²) in [4.78, 5) is 18.5. The number of rotatable bonds is 9. The molecule has 2 heterocycles. The number of hydrogen-bond acceptors (Lipinski definition) is 5. The van der Waals surface area contributed by atoms with Crippen LogP contribution >= 0.6 is 11.3 Å². The highest BCUT2D eigenvalue weighted by atomic mass is 32.1. The summed E-state index contributed by atoms with van der Waals surface area (Å²) in [6.45, 7) is 7.02. The summed E-state index contributed by atoms with van der Waals surface area (Å²) in [5, 5.41) is 0. The number of fused-ring (bicyclic) bond motifs is 3. The van der Waals surface area contributed by atoms with Crippen molar-refractivity contribution in [2.45, 2.75) is 52.9 Å². The molecule has 4 aromatic rings. The van der Waals surface area contributed by atoms with Crippen LogP contribution < -0.4 is 19.6 Å². The van der Waals surface area contributed by atoms with E-state index in [0.717, 1.165) is 39.3 Å². The van der Waals surface area contributed by atoms with Gasteiger partial charge in [0.1, 0.15) is 0 Å². The first-order chi connectivity index (χ1) is 15.5. The molecule has 0 spiro atoms. The molecule has 6 heteroatoms. The summed E-state index contributed by atoms with van der Waals surface area (Å²) in [5.74, 6) is 1.41. The number of methoxy groups -OCH3 is 1. The summed E-state index contributed by atoms with van der Waals surface area (Å²) in [7, 11) is 1.64. The Bertz CT molecular complexity index is 1350. The van der Waals surface area contributed by atoms with E-state index >= 15 is 0 Å². The van der Waals surface area contributed by atoms with Crippen molar-refractivity contribution in [1.29, 1.82) is 0 Å². The highest BCUT2D eigenvalue weighted by molar-refractivity contribution is 7.15. The molecule has 0 saturated heterocycles. The minimum atomic E-state index is -0.0397. The smallest absolute Gasteiger partial charge is 0.274 e. The van der Waals surface area contributed by atoms with Crippen molar-refractivity contribution < 1.29 is 9.47 Å². The van der Waals surface area contributed by atoms with Crippen molar-refractivity contribution in [3.63, 3.8) is 0 Å². The van der Waals surface area contributed by atoms with Crippen LogP contribution in [0.2, 0.25) is 0 Å². The molecule has 0 amide bonds. The molecule has 0 aliphatic carbocycles. The lowest BCUT2D eigenvalue weighted by Crippen LogP contribution is -2.22. The second-order valence-corrected chi connectivity index (χ2v) is 9.25. The Balaban J connectivity index is 1.60. The van der Waals surface area contributed by atoms with Crippen LogP contribution in [-0.4, -0.2) is 23.1 Å². The molecule has 0 fully saturated rings. The largest absolute Gasteiger partial charge is 0.493 e. The molecule has 0 aliphatic rings. The highest BCUT2D eigenvalue weighted by Crippen LogP contribution is 2.29. The van der Waals surface area contributed by atoms with Gasteiger partial charge in [-0.3, -0.25) is 4.79 Å². The first-order valence-corrected chi connectivity index (χ1v) is 12.1.